The van der Waals surface area contributed by atoms with Crippen LogP contribution in [-0.4, -0.2) is 55.6 Å². The Kier molecular flexibility index (Phi) is 5.01. The Morgan fingerprint density at radius 2 is 2.06 bits per heavy atom. The molecular weight excluding hydrogens is 432 g/mol. The number of nitrogens with one attached hydrogen (secondary N) is 1. The Bertz CT molecular complexity index is 1190. The van der Waals surface area contributed by atoms with E-state index in [1.165, 1.54) is 16.9 Å². The minimum atomic E-state index is -2.79. The van der Waals surface area contributed by atoms with E-state index < -0.39 is 18.0 Å². The van der Waals surface area contributed by atoms with Gasteiger partial charge < -0.3 is 15.0 Å². The van der Waals surface area contributed by atoms with E-state index in [0.29, 0.717) is 12.3 Å². The van der Waals surface area contributed by atoms with Gasteiger partial charge in [-0.1, -0.05) is 19.3 Å². The maximum absolute atomic E-state index is 13.7. The quantitative estimate of drug-likeness (QED) is 0.630. The molecule has 2 atom stereocenters. The lowest BCUT2D eigenvalue weighted by molar-refractivity contribution is 0.0988. The molecule has 0 unspecified atom stereocenters. The normalized spacial score (nSPS) is 23.2. The van der Waals surface area contributed by atoms with Crippen LogP contribution in [0.5, 0.6) is 0 Å². The number of ether oxygens (including phenoxy) is 1. The number of amides is 1. The highest BCUT2D eigenvalue weighted by atomic mass is 19.3. The van der Waals surface area contributed by atoms with Gasteiger partial charge in [0, 0.05) is 18.9 Å². The zero-order chi connectivity index (χ0) is 22.5. The summed E-state index contributed by atoms with van der Waals surface area (Å²) in [6.45, 7) is 1.44. The first-order valence-corrected chi connectivity index (χ1v) is 11.5. The smallest absolute Gasteiger partial charge is 0.284 e. The van der Waals surface area contributed by atoms with Gasteiger partial charge in [0.25, 0.3) is 12.3 Å². The topological polar surface area (TPSA) is 89.6 Å². The van der Waals surface area contributed by atoms with Gasteiger partial charge in [0.15, 0.2) is 11.3 Å². The van der Waals surface area contributed by atoms with Crippen molar-refractivity contribution in [3.05, 3.63) is 35.9 Å². The van der Waals surface area contributed by atoms with Crippen LogP contribution in [0.4, 0.5) is 20.3 Å². The molecule has 2 bridgehead atoms. The SMILES string of the molecule is O=C(Nc1cn(C2CCCCC2)nc1C(F)F)c1cnn2ccc(N3C[C@H]4C[C@@H]3CO4)nc12. The van der Waals surface area contributed by atoms with Crippen LogP contribution in [0.25, 0.3) is 5.65 Å². The number of rotatable bonds is 5. The first kappa shape index (κ1) is 20.5. The van der Waals surface area contributed by atoms with Crippen molar-refractivity contribution in [1.82, 2.24) is 24.4 Å². The van der Waals surface area contributed by atoms with Crippen LogP contribution in [0.2, 0.25) is 0 Å². The highest BCUT2D eigenvalue weighted by Crippen LogP contribution is 2.34. The predicted molar refractivity (Wildman–Crippen MR) is 116 cm³/mol. The number of halogens is 2. The minimum absolute atomic E-state index is 0.0325. The molecule has 1 amide bonds. The largest absolute Gasteiger partial charge is 0.374 e. The van der Waals surface area contributed by atoms with Crippen molar-refractivity contribution >= 4 is 23.1 Å². The number of alkyl halides is 2. The van der Waals surface area contributed by atoms with Crippen LogP contribution in [-0.2, 0) is 4.74 Å². The van der Waals surface area contributed by atoms with Gasteiger partial charge in [0.1, 0.15) is 11.4 Å². The maximum Gasteiger partial charge on any atom is 0.284 e. The maximum atomic E-state index is 13.7. The van der Waals surface area contributed by atoms with Crippen molar-refractivity contribution in [3.63, 3.8) is 0 Å². The van der Waals surface area contributed by atoms with Crippen LogP contribution in [0, 0.1) is 0 Å². The van der Waals surface area contributed by atoms with Crippen molar-refractivity contribution in [1.29, 1.82) is 0 Å². The molecule has 0 aromatic carbocycles. The highest BCUT2D eigenvalue weighted by molar-refractivity contribution is 6.08. The molecule has 174 valence electrons. The third kappa shape index (κ3) is 3.64. The fourth-order valence-corrected chi connectivity index (χ4v) is 5.25. The molecule has 5 heterocycles. The number of nitrogens with zero attached hydrogens (tertiary/aromatic N) is 6. The second kappa shape index (κ2) is 8.05. The number of hydrogen-bond donors (Lipinski definition) is 1. The Hall–Kier alpha value is -3.08. The average Bonchev–Trinajstić information content (AvgIpc) is 3.61. The second-order valence-electron chi connectivity index (χ2n) is 9.06. The molecule has 6 rings (SSSR count). The Morgan fingerprint density at radius 3 is 2.79 bits per heavy atom. The molecule has 1 N–H and O–H groups in total. The molecule has 9 nitrogen and oxygen atoms in total. The van der Waals surface area contributed by atoms with Crippen molar-refractivity contribution in [3.8, 4) is 0 Å². The fraction of sp³-hybridized carbons (Fsp3) is 0.545. The molecule has 3 aromatic heterocycles. The van der Waals surface area contributed by atoms with E-state index >= 15 is 0 Å². The third-order valence-corrected chi connectivity index (χ3v) is 6.96. The van der Waals surface area contributed by atoms with Gasteiger partial charge in [-0.05, 0) is 25.3 Å². The van der Waals surface area contributed by atoms with Gasteiger partial charge in [-0.2, -0.15) is 10.2 Å². The van der Waals surface area contributed by atoms with Crippen molar-refractivity contribution in [2.45, 2.75) is 63.1 Å². The number of hydrogen-bond acceptors (Lipinski definition) is 6. The van der Waals surface area contributed by atoms with Crippen LogP contribution in [0.15, 0.2) is 24.7 Å². The third-order valence-electron chi connectivity index (χ3n) is 6.96. The summed E-state index contributed by atoms with van der Waals surface area (Å²) >= 11 is 0. The fourth-order valence-electron chi connectivity index (χ4n) is 5.25. The number of fused-ring (bicyclic) bond motifs is 3. The monoisotopic (exact) mass is 457 g/mol. The standard InChI is InChI=1S/C22H25F2N7O2/c23-20(24)19-17(11-31(28-19)13-4-2-1-3-5-13)26-22(32)16-9-25-30-7-6-18(27-21(16)30)29-10-15-8-14(29)12-33-15/h6-7,9,11,13-15,20H,1-5,8,10,12H2,(H,26,32)/t14-,15-/m1/s1. The van der Waals surface area contributed by atoms with E-state index in [2.05, 4.69) is 25.4 Å². The van der Waals surface area contributed by atoms with E-state index in [9.17, 15) is 13.6 Å². The van der Waals surface area contributed by atoms with Gasteiger partial charge >= 0.3 is 0 Å². The summed E-state index contributed by atoms with van der Waals surface area (Å²) in [7, 11) is 0. The van der Waals surface area contributed by atoms with Gasteiger partial charge in [0.2, 0.25) is 0 Å². The van der Waals surface area contributed by atoms with Crippen molar-refractivity contribution < 1.29 is 18.3 Å². The lowest BCUT2D eigenvalue weighted by Crippen LogP contribution is -2.37. The molecule has 3 aromatic rings. The molecule has 2 saturated heterocycles. The van der Waals surface area contributed by atoms with E-state index in [0.717, 1.165) is 50.9 Å². The van der Waals surface area contributed by atoms with Gasteiger partial charge in [0.05, 0.1) is 36.7 Å². The highest BCUT2D eigenvalue weighted by Gasteiger charge is 2.39. The molecule has 1 saturated carbocycles. The summed E-state index contributed by atoms with van der Waals surface area (Å²) in [5, 5.41) is 11.0. The van der Waals surface area contributed by atoms with E-state index in [1.54, 1.807) is 10.9 Å². The Morgan fingerprint density at radius 1 is 1.21 bits per heavy atom. The molecule has 2 aliphatic heterocycles. The van der Waals surface area contributed by atoms with Crippen LogP contribution in [0.3, 0.4) is 0 Å². The lowest BCUT2D eigenvalue weighted by Gasteiger charge is -2.27. The Balaban J connectivity index is 1.28. The summed E-state index contributed by atoms with van der Waals surface area (Å²) < 4.78 is 36.1. The number of aromatic nitrogens is 5. The molecule has 3 aliphatic rings. The summed E-state index contributed by atoms with van der Waals surface area (Å²) in [6.07, 6.45) is 8.17. The van der Waals surface area contributed by atoms with E-state index in [-0.39, 0.29) is 29.4 Å². The minimum Gasteiger partial charge on any atom is -0.374 e. The first-order chi connectivity index (χ1) is 16.1. The number of carbonyl (C=O) groups is 1. The molecule has 0 spiro atoms. The summed E-state index contributed by atoms with van der Waals surface area (Å²) in [5.74, 6) is 0.220. The van der Waals surface area contributed by atoms with E-state index in [4.69, 9.17) is 4.74 Å². The van der Waals surface area contributed by atoms with Crippen molar-refractivity contribution in [2.75, 3.05) is 23.4 Å². The molecule has 0 radical (unpaired) electrons. The second-order valence-corrected chi connectivity index (χ2v) is 9.06. The van der Waals surface area contributed by atoms with E-state index in [1.807, 2.05) is 6.07 Å². The summed E-state index contributed by atoms with van der Waals surface area (Å²) in [5.41, 5.74) is 0.229. The average molecular weight is 457 g/mol. The number of anilines is 2. The zero-order valence-electron chi connectivity index (χ0n) is 18.0. The molecule has 33 heavy (non-hydrogen) atoms. The van der Waals surface area contributed by atoms with Gasteiger partial charge in [-0.15, -0.1) is 0 Å². The molecule has 3 fully saturated rings. The number of morpholine rings is 1. The van der Waals surface area contributed by atoms with Crippen LogP contribution in [0.1, 0.15) is 67.0 Å². The van der Waals surface area contributed by atoms with Gasteiger partial charge in [-0.25, -0.2) is 18.3 Å². The first-order valence-electron chi connectivity index (χ1n) is 11.5. The zero-order valence-corrected chi connectivity index (χ0v) is 18.0. The molecule has 1 aliphatic carbocycles. The van der Waals surface area contributed by atoms with Crippen LogP contribution >= 0.6 is 0 Å². The summed E-state index contributed by atoms with van der Waals surface area (Å²) in [4.78, 5) is 20.0. The van der Waals surface area contributed by atoms with Crippen LogP contribution < -0.4 is 10.2 Å². The van der Waals surface area contributed by atoms with Crippen molar-refractivity contribution in [2.24, 2.45) is 0 Å². The summed E-state index contributed by atoms with van der Waals surface area (Å²) in [6, 6.07) is 2.23. The number of carbonyl (C=O) groups excluding carboxylic acids is 1. The Labute approximate surface area is 188 Å². The molecular formula is C22H25F2N7O2. The molecule has 11 heteroatoms. The predicted octanol–water partition coefficient (Wildman–Crippen LogP) is 3.60. The van der Waals surface area contributed by atoms with Gasteiger partial charge in [-0.3, -0.25) is 9.48 Å². The lowest BCUT2D eigenvalue weighted by atomic mass is 9.96.